The van der Waals surface area contributed by atoms with Crippen molar-refractivity contribution < 1.29 is 18.5 Å². The molecule has 0 atom stereocenters. The second-order valence-electron chi connectivity index (χ2n) is 4.31. The molecule has 1 N–H and O–H groups in total. The van der Waals surface area contributed by atoms with Gasteiger partial charge in [-0.1, -0.05) is 12.1 Å². The molecular weight excluding hydrogens is 282 g/mol. The number of anilines is 1. The number of carbonyl (C=O) groups excluding carboxylic acids is 1. The molecule has 0 radical (unpaired) electrons. The van der Waals surface area contributed by atoms with Gasteiger partial charge in [-0.25, -0.2) is 8.78 Å². The monoisotopic (exact) mass is 292 g/mol. The third kappa shape index (κ3) is 3.02. The fourth-order valence-corrected chi connectivity index (χ4v) is 1.77. The lowest BCUT2D eigenvalue weighted by atomic mass is 10.1. The van der Waals surface area contributed by atoms with Gasteiger partial charge in [0.15, 0.2) is 0 Å². The van der Waals surface area contributed by atoms with Crippen LogP contribution >= 0.6 is 0 Å². The van der Waals surface area contributed by atoms with Crippen LogP contribution < -0.4 is 5.32 Å². The lowest BCUT2D eigenvalue weighted by molar-refractivity contribution is -0.384. The van der Waals surface area contributed by atoms with Crippen LogP contribution in [0.4, 0.5) is 20.2 Å². The van der Waals surface area contributed by atoms with E-state index in [0.717, 1.165) is 24.3 Å². The highest BCUT2D eigenvalue weighted by atomic mass is 19.1. The Morgan fingerprint density at radius 2 is 1.90 bits per heavy atom. The summed E-state index contributed by atoms with van der Waals surface area (Å²) in [5.41, 5.74) is -0.582. The third-order valence-corrected chi connectivity index (χ3v) is 2.87. The summed E-state index contributed by atoms with van der Waals surface area (Å²) in [4.78, 5) is 21.9. The Hall–Kier alpha value is -2.83. The van der Waals surface area contributed by atoms with Gasteiger partial charge in [-0.2, -0.15) is 0 Å². The number of hydrogen-bond donors (Lipinski definition) is 1. The largest absolute Gasteiger partial charge is 0.319 e. The predicted molar refractivity (Wildman–Crippen MR) is 72.1 cm³/mol. The van der Waals surface area contributed by atoms with Crippen LogP contribution in [0, 0.1) is 28.7 Å². The average Bonchev–Trinajstić information content (AvgIpc) is 2.43. The van der Waals surface area contributed by atoms with Crippen LogP contribution in [0.2, 0.25) is 0 Å². The Labute approximate surface area is 118 Å². The zero-order chi connectivity index (χ0) is 15.6. The minimum atomic E-state index is -0.954. The Balaban J connectivity index is 2.37. The summed E-state index contributed by atoms with van der Waals surface area (Å²) in [5, 5.41) is 12.9. The summed E-state index contributed by atoms with van der Waals surface area (Å²) in [6.07, 6.45) is 0. The van der Waals surface area contributed by atoms with Crippen molar-refractivity contribution in [1.29, 1.82) is 0 Å². The number of halogens is 2. The molecule has 0 aliphatic rings. The molecule has 0 aliphatic carbocycles. The van der Waals surface area contributed by atoms with E-state index < -0.39 is 33.7 Å². The summed E-state index contributed by atoms with van der Waals surface area (Å²) in [5.74, 6) is -2.55. The van der Waals surface area contributed by atoms with Crippen LogP contribution in [0.1, 0.15) is 15.9 Å². The lowest BCUT2D eigenvalue weighted by Crippen LogP contribution is -2.16. The molecule has 0 fully saturated rings. The van der Waals surface area contributed by atoms with Gasteiger partial charge in [0.05, 0.1) is 16.2 Å². The van der Waals surface area contributed by atoms with E-state index in [2.05, 4.69) is 5.32 Å². The Morgan fingerprint density at radius 1 is 1.19 bits per heavy atom. The second kappa shape index (κ2) is 5.66. The third-order valence-electron chi connectivity index (χ3n) is 2.87. The molecule has 108 valence electrons. The van der Waals surface area contributed by atoms with Crippen LogP contribution in [-0.2, 0) is 0 Å². The number of nitro groups is 1. The molecule has 0 spiro atoms. The van der Waals surface area contributed by atoms with E-state index in [0.29, 0.717) is 5.56 Å². The number of para-hydroxylation sites is 1. The first-order chi connectivity index (χ1) is 9.90. The number of nitrogens with one attached hydrogen (secondary N) is 1. The summed E-state index contributed by atoms with van der Waals surface area (Å²) in [6, 6.07) is 6.76. The van der Waals surface area contributed by atoms with E-state index >= 15 is 0 Å². The van der Waals surface area contributed by atoms with Gasteiger partial charge in [0.1, 0.15) is 11.6 Å². The molecule has 21 heavy (non-hydrogen) atoms. The first-order valence-electron chi connectivity index (χ1n) is 5.90. The van der Waals surface area contributed by atoms with Crippen LogP contribution in [0.25, 0.3) is 0 Å². The lowest BCUT2D eigenvalue weighted by Gasteiger charge is -2.09. The number of aryl methyl sites for hydroxylation is 1. The Kier molecular flexibility index (Phi) is 3.93. The maximum absolute atomic E-state index is 13.6. The molecule has 2 rings (SSSR count). The van der Waals surface area contributed by atoms with E-state index in [-0.39, 0.29) is 5.69 Å². The zero-order valence-electron chi connectivity index (χ0n) is 10.9. The summed E-state index contributed by atoms with van der Waals surface area (Å²) in [6.45, 7) is 1.57. The number of amides is 1. The maximum Gasteiger partial charge on any atom is 0.270 e. The molecule has 0 bridgehead atoms. The minimum Gasteiger partial charge on any atom is -0.319 e. The Morgan fingerprint density at radius 3 is 2.52 bits per heavy atom. The summed E-state index contributed by atoms with van der Waals surface area (Å²) >= 11 is 0. The molecule has 2 aromatic carbocycles. The number of nitrogens with zero attached hydrogens (tertiary/aromatic N) is 1. The highest BCUT2D eigenvalue weighted by molar-refractivity contribution is 6.05. The van der Waals surface area contributed by atoms with E-state index in [1.54, 1.807) is 13.0 Å². The van der Waals surface area contributed by atoms with Crippen LogP contribution in [0.15, 0.2) is 36.4 Å². The van der Waals surface area contributed by atoms with Gasteiger partial charge in [-0.05, 0) is 24.6 Å². The number of non-ortho nitro benzene ring substituents is 1. The van der Waals surface area contributed by atoms with Crippen molar-refractivity contribution in [3.05, 3.63) is 69.3 Å². The highest BCUT2D eigenvalue weighted by Crippen LogP contribution is 2.22. The molecule has 2 aromatic rings. The quantitative estimate of drug-likeness (QED) is 0.695. The highest BCUT2D eigenvalue weighted by Gasteiger charge is 2.18. The molecule has 5 nitrogen and oxygen atoms in total. The number of carbonyl (C=O) groups is 1. The van der Waals surface area contributed by atoms with Crippen molar-refractivity contribution >= 4 is 17.3 Å². The molecule has 0 unspecified atom stereocenters. The SMILES string of the molecule is Cc1cccc(F)c1NC(=O)c1cc([N+](=O)[O-])ccc1F. The standard InChI is InChI=1S/C14H10F2N2O3/c1-8-3-2-4-12(16)13(8)17-14(19)10-7-9(18(20)21)5-6-11(10)15/h2-7H,1H3,(H,17,19). The van der Waals surface area contributed by atoms with Crippen LogP contribution in [-0.4, -0.2) is 10.8 Å². The van der Waals surface area contributed by atoms with Gasteiger partial charge in [0.2, 0.25) is 0 Å². The molecule has 0 heterocycles. The second-order valence-corrected chi connectivity index (χ2v) is 4.31. The van der Waals surface area contributed by atoms with Gasteiger partial charge < -0.3 is 5.32 Å². The molecular formula is C14H10F2N2O3. The first kappa shape index (κ1) is 14.6. The van der Waals surface area contributed by atoms with Gasteiger partial charge >= 0.3 is 0 Å². The van der Waals surface area contributed by atoms with Crippen molar-refractivity contribution in [2.75, 3.05) is 5.32 Å². The van der Waals surface area contributed by atoms with E-state index in [1.165, 1.54) is 6.07 Å². The van der Waals surface area contributed by atoms with Crippen molar-refractivity contribution in [2.24, 2.45) is 0 Å². The molecule has 1 amide bonds. The van der Waals surface area contributed by atoms with Crippen molar-refractivity contribution in [3.63, 3.8) is 0 Å². The topological polar surface area (TPSA) is 72.2 Å². The summed E-state index contributed by atoms with van der Waals surface area (Å²) < 4.78 is 27.2. The molecule has 0 saturated heterocycles. The fraction of sp³-hybridized carbons (Fsp3) is 0.0714. The van der Waals surface area contributed by atoms with Gasteiger partial charge in [-0.3, -0.25) is 14.9 Å². The van der Waals surface area contributed by atoms with Gasteiger partial charge in [0.25, 0.3) is 11.6 Å². The predicted octanol–water partition coefficient (Wildman–Crippen LogP) is 3.43. The number of benzene rings is 2. The molecule has 0 aliphatic heterocycles. The fourth-order valence-electron chi connectivity index (χ4n) is 1.77. The van der Waals surface area contributed by atoms with Crippen molar-refractivity contribution in [1.82, 2.24) is 0 Å². The number of rotatable bonds is 3. The minimum absolute atomic E-state index is 0.0894. The smallest absolute Gasteiger partial charge is 0.270 e. The van der Waals surface area contributed by atoms with E-state index in [9.17, 15) is 23.7 Å². The first-order valence-corrected chi connectivity index (χ1v) is 5.90. The van der Waals surface area contributed by atoms with Crippen LogP contribution in [0.3, 0.4) is 0 Å². The van der Waals surface area contributed by atoms with Crippen molar-refractivity contribution in [3.8, 4) is 0 Å². The van der Waals surface area contributed by atoms with E-state index in [1.807, 2.05) is 0 Å². The molecule has 0 aromatic heterocycles. The Bertz CT molecular complexity index is 712. The van der Waals surface area contributed by atoms with E-state index in [4.69, 9.17) is 0 Å². The van der Waals surface area contributed by atoms with Gasteiger partial charge in [-0.15, -0.1) is 0 Å². The average molecular weight is 292 g/mol. The molecule has 0 saturated carbocycles. The van der Waals surface area contributed by atoms with Crippen molar-refractivity contribution in [2.45, 2.75) is 6.92 Å². The molecule has 7 heteroatoms. The van der Waals surface area contributed by atoms with Crippen LogP contribution in [0.5, 0.6) is 0 Å². The normalized spacial score (nSPS) is 10.2. The zero-order valence-corrected chi connectivity index (χ0v) is 10.9. The number of nitro benzene ring substituents is 1. The number of hydrogen-bond acceptors (Lipinski definition) is 3. The summed E-state index contributed by atoms with van der Waals surface area (Å²) in [7, 11) is 0. The van der Waals surface area contributed by atoms with Gasteiger partial charge in [0, 0.05) is 12.1 Å². The maximum atomic E-state index is 13.6.